The van der Waals surface area contributed by atoms with Gasteiger partial charge in [0.1, 0.15) is 6.42 Å². The summed E-state index contributed by atoms with van der Waals surface area (Å²) in [5.74, 6) is -0.241. The van der Waals surface area contributed by atoms with Crippen LogP contribution in [0.15, 0.2) is 18.2 Å². The van der Waals surface area contributed by atoms with Gasteiger partial charge in [-0.1, -0.05) is 11.6 Å². The molecule has 1 aromatic carbocycles. The van der Waals surface area contributed by atoms with Crippen LogP contribution in [0, 0.1) is 11.3 Å². The molecule has 74 valence electrons. The molecule has 5 heteroatoms. The van der Waals surface area contributed by atoms with E-state index < -0.39 is 0 Å². The standard InChI is InChI=1S/C10H5ClN2OS/c11-6-1-2-9-7(5-6)13-10(15-9)8(14)3-4-12/h1-2,5H,3H2. The van der Waals surface area contributed by atoms with E-state index in [1.54, 1.807) is 12.1 Å². The number of carbonyl (C=O) groups is 1. The summed E-state index contributed by atoms with van der Waals surface area (Å²) < 4.78 is 0.903. The zero-order valence-corrected chi connectivity index (χ0v) is 9.10. The summed E-state index contributed by atoms with van der Waals surface area (Å²) in [4.78, 5) is 15.5. The molecule has 2 rings (SSSR count). The molecule has 0 aliphatic carbocycles. The van der Waals surface area contributed by atoms with Crippen molar-refractivity contribution < 1.29 is 4.79 Å². The SMILES string of the molecule is N#CCC(=O)c1nc2cc(Cl)ccc2s1. The normalized spacial score (nSPS) is 10.1. The van der Waals surface area contributed by atoms with Crippen molar-refractivity contribution in [2.75, 3.05) is 0 Å². The number of hydrogen-bond acceptors (Lipinski definition) is 4. The molecule has 0 radical (unpaired) electrons. The van der Waals surface area contributed by atoms with Crippen molar-refractivity contribution in [1.82, 2.24) is 4.98 Å². The monoisotopic (exact) mass is 236 g/mol. The van der Waals surface area contributed by atoms with E-state index in [0.717, 1.165) is 4.70 Å². The van der Waals surface area contributed by atoms with Crippen LogP contribution < -0.4 is 0 Å². The number of rotatable bonds is 2. The Bertz CT molecular complexity index is 570. The molecule has 1 heterocycles. The highest BCUT2D eigenvalue weighted by Crippen LogP contribution is 2.25. The number of Topliss-reactive ketones (excluding diaryl/α,β-unsaturated/α-hetero) is 1. The Morgan fingerprint density at radius 3 is 3.13 bits per heavy atom. The van der Waals surface area contributed by atoms with E-state index in [9.17, 15) is 4.79 Å². The smallest absolute Gasteiger partial charge is 0.205 e. The van der Waals surface area contributed by atoms with Gasteiger partial charge in [-0.15, -0.1) is 11.3 Å². The molecule has 0 unspecified atom stereocenters. The highest BCUT2D eigenvalue weighted by molar-refractivity contribution is 7.20. The Balaban J connectivity index is 2.48. The van der Waals surface area contributed by atoms with Gasteiger partial charge in [0.05, 0.1) is 16.3 Å². The van der Waals surface area contributed by atoms with E-state index in [-0.39, 0.29) is 12.2 Å². The molecule has 3 nitrogen and oxygen atoms in total. The molecular weight excluding hydrogens is 232 g/mol. The van der Waals surface area contributed by atoms with Crippen molar-refractivity contribution in [3.05, 3.63) is 28.2 Å². The van der Waals surface area contributed by atoms with Crippen LogP contribution in [-0.2, 0) is 0 Å². The molecular formula is C10H5ClN2OS. The molecule has 0 atom stereocenters. The number of ketones is 1. The molecule has 1 aromatic heterocycles. The first-order valence-electron chi connectivity index (χ1n) is 4.17. The molecule has 15 heavy (non-hydrogen) atoms. The maximum atomic E-state index is 11.4. The lowest BCUT2D eigenvalue weighted by Gasteiger charge is -1.86. The number of halogens is 1. The Labute approximate surface area is 94.9 Å². The predicted octanol–water partition coefficient (Wildman–Crippen LogP) is 3.05. The fourth-order valence-corrected chi connectivity index (χ4v) is 2.22. The first-order chi connectivity index (χ1) is 7.20. The van der Waals surface area contributed by atoms with E-state index in [2.05, 4.69) is 4.98 Å². The van der Waals surface area contributed by atoms with E-state index in [4.69, 9.17) is 16.9 Å². The average Bonchev–Trinajstić information content (AvgIpc) is 2.60. The van der Waals surface area contributed by atoms with E-state index in [1.165, 1.54) is 11.3 Å². The number of aromatic nitrogens is 1. The summed E-state index contributed by atoms with van der Waals surface area (Å²) in [7, 11) is 0. The van der Waals surface area contributed by atoms with Crippen LogP contribution in [-0.4, -0.2) is 10.8 Å². The lowest BCUT2D eigenvalue weighted by molar-refractivity contribution is 0.0997. The largest absolute Gasteiger partial charge is 0.290 e. The van der Waals surface area contributed by atoms with Gasteiger partial charge in [-0.2, -0.15) is 5.26 Å². The Morgan fingerprint density at radius 1 is 1.60 bits per heavy atom. The Hall–Kier alpha value is -1.44. The second-order valence-electron chi connectivity index (χ2n) is 2.89. The number of hydrogen-bond donors (Lipinski definition) is 0. The first-order valence-corrected chi connectivity index (χ1v) is 5.36. The summed E-state index contributed by atoms with van der Waals surface area (Å²) in [5, 5.41) is 9.36. The van der Waals surface area contributed by atoms with Gasteiger partial charge < -0.3 is 0 Å². The van der Waals surface area contributed by atoms with Crippen LogP contribution >= 0.6 is 22.9 Å². The second kappa shape index (κ2) is 3.97. The molecule has 0 bridgehead atoms. The van der Waals surface area contributed by atoms with Crippen molar-refractivity contribution in [1.29, 1.82) is 5.26 Å². The summed E-state index contributed by atoms with van der Waals surface area (Å²) in [6.07, 6.45) is -0.131. The number of thiazole rings is 1. The molecule has 0 saturated heterocycles. The number of fused-ring (bicyclic) bond motifs is 1. The molecule has 0 N–H and O–H groups in total. The maximum absolute atomic E-state index is 11.4. The lowest BCUT2D eigenvalue weighted by atomic mass is 10.3. The van der Waals surface area contributed by atoms with Crippen LogP contribution in [0.4, 0.5) is 0 Å². The molecule has 2 aromatic rings. The zero-order chi connectivity index (χ0) is 10.8. The van der Waals surface area contributed by atoms with Crippen LogP contribution in [0.1, 0.15) is 16.2 Å². The molecule has 0 spiro atoms. The zero-order valence-electron chi connectivity index (χ0n) is 7.53. The number of carbonyl (C=O) groups excluding carboxylic acids is 1. The van der Waals surface area contributed by atoms with E-state index in [1.807, 2.05) is 12.1 Å². The van der Waals surface area contributed by atoms with Gasteiger partial charge in [-0.05, 0) is 18.2 Å². The van der Waals surface area contributed by atoms with Crippen molar-refractivity contribution >= 4 is 38.9 Å². The average molecular weight is 237 g/mol. The molecule has 0 aliphatic rings. The van der Waals surface area contributed by atoms with Gasteiger partial charge in [0.25, 0.3) is 0 Å². The van der Waals surface area contributed by atoms with Crippen LogP contribution in [0.3, 0.4) is 0 Å². The van der Waals surface area contributed by atoms with Crippen molar-refractivity contribution in [2.24, 2.45) is 0 Å². The quantitative estimate of drug-likeness (QED) is 0.753. The fraction of sp³-hybridized carbons (Fsp3) is 0.100. The highest BCUT2D eigenvalue weighted by Gasteiger charge is 2.11. The minimum atomic E-state index is -0.241. The molecule has 0 aliphatic heterocycles. The third kappa shape index (κ3) is 1.99. The summed E-state index contributed by atoms with van der Waals surface area (Å²) in [5.41, 5.74) is 0.703. The Kier molecular flexibility index (Phi) is 2.67. The van der Waals surface area contributed by atoms with Gasteiger partial charge in [0.2, 0.25) is 5.78 Å². The van der Waals surface area contributed by atoms with Gasteiger partial charge in [0.15, 0.2) is 5.01 Å². The van der Waals surface area contributed by atoms with Gasteiger partial charge in [0, 0.05) is 5.02 Å². The van der Waals surface area contributed by atoms with Crippen LogP contribution in [0.2, 0.25) is 5.02 Å². The fourth-order valence-electron chi connectivity index (χ4n) is 1.17. The molecule has 0 amide bonds. The number of benzene rings is 1. The van der Waals surface area contributed by atoms with Crippen LogP contribution in [0.5, 0.6) is 0 Å². The minimum absolute atomic E-state index is 0.131. The lowest BCUT2D eigenvalue weighted by Crippen LogP contribution is -1.95. The van der Waals surface area contributed by atoms with Crippen molar-refractivity contribution in [3.63, 3.8) is 0 Å². The predicted molar refractivity (Wildman–Crippen MR) is 59.2 cm³/mol. The summed E-state index contributed by atoms with van der Waals surface area (Å²) in [6, 6.07) is 7.09. The maximum Gasteiger partial charge on any atom is 0.205 e. The minimum Gasteiger partial charge on any atom is -0.290 e. The van der Waals surface area contributed by atoms with Gasteiger partial charge >= 0.3 is 0 Å². The summed E-state index contributed by atoms with van der Waals surface area (Å²) >= 11 is 7.08. The Morgan fingerprint density at radius 2 is 2.40 bits per heavy atom. The van der Waals surface area contributed by atoms with Gasteiger partial charge in [-0.25, -0.2) is 4.98 Å². The first kappa shape index (κ1) is 10.1. The molecule has 0 fully saturated rings. The van der Waals surface area contributed by atoms with Crippen molar-refractivity contribution in [2.45, 2.75) is 6.42 Å². The third-order valence-electron chi connectivity index (χ3n) is 1.83. The topological polar surface area (TPSA) is 53.8 Å². The van der Waals surface area contributed by atoms with Crippen LogP contribution in [0.25, 0.3) is 10.2 Å². The van der Waals surface area contributed by atoms with Gasteiger partial charge in [-0.3, -0.25) is 4.79 Å². The number of nitrogens with zero attached hydrogens (tertiary/aromatic N) is 2. The van der Waals surface area contributed by atoms with Crippen molar-refractivity contribution in [3.8, 4) is 6.07 Å². The summed E-state index contributed by atoms with van der Waals surface area (Å²) in [6.45, 7) is 0. The number of nitriles is 1. The molecule has 0 saturated carbocycles. The van der Waals surface area contributed by atoms with E-state index >= 15 is 0 Å². The second-order valence-corrected chi connectivity index (χ2v) is 4.36. The third-order valence-corrected chi connectivity index (χ3v) is 3.14. The van der Waals surface area contributed by atoms with E-state index in [0.29, 0.717) is 15.5 Å². The highest BCUT2D eigenvalue weighted by atomic mass is 35.5.